The molecule has 0 radical (unpaired) electrons. The van der Waals surface area contributed by atoms with E-state index >= 15 is 0 Å². The molecule has 0 spiro atoms. The van der Waals surface area contributed by atoms with E-state index in [2.05, 4.69) is 0 Å². The van der Waals surface area contributed by atoms with Crippen molar-refractivity contribution in [1.82, 2.24) is 0 Å². The third kappa shape index (κ3) is 9.22. The molecule has 24 valence electrons. The largest absolute Gasteiger partial charge is 1.00 e. The number of rotatable bonds is 0. The second kappa shape index (κ2) is 15.9. The summed E-state index contributed by atoms with van der Waals surface area (Å²) in [6.45, 7) is 0. The van der Waals surface area contributed by atoms with Crippen LogP contribution in [0.4, 0.5) is 0 Å². The van der Waals surface area contributed by atoms with E-state index in [1.165, 1.54) is 0 Å². The zero-order valence-corrected chi connectivity index (χ0v) is 14.1. The summed E-state index contributed by atoms with van der Waals surface area (Å²) in [6, 6.07) is 0. The summed E-state index contributed by atoms with van der Waals surface area (Å²) in [7, 11) is 0. The molecule has 0 aromatic heterocycles. The first-order valence-corrected chi connectivity index (χ1v) is 0. The zero-order valence-electron chi connectivity index (χ0n) is 2.19. The van der Waals surface area contributed by atoms with Gasteiger partial charge in [-0.1, -0.05) is 0 Å². The van der Waals surface area contributed by atoms with Crippen molar-refractivity contribution in [3.05, 3.63) is 0 Å². The predicted molar refractivity (Wildman–Crippen MR) is 25.7 cm³/mol. The van der Waals surface area contributed by atoms with Crippen molar-refractivity contribution in [2.45, 2.75) is 0 Å². The number of halogens is 3. The quantitative estimate of drug-likeness (QED) is 0.345. The van der Waals surface area contributed by atoms with Crippen LogP contribution in [0.2, 0.25) is 0 Å². The molecule has 0 aliphatic rings. The van der Waals surface area contributed by atoms with Crippen molar-refractivity contribution in [2.24, 2.45) is 0 Å². The Labute approximate surface area is 123 Å². The molecule has 0 fully saturated rings. The van der Waals surface area contributed by atoms with E-state index in [-0.39, 0.29) is 127 Å². The summed E-state index contributed by atoms with van der Waals surface area (Å²) in [5.74, 6) is 0. The van der Waals surface area contributed by atoms with Crippen molar-refractivity contribution in [3.63, 3.8) is 0 Å². The van der Waals surface area contributed by atoms with Crippen LogP contribution in [-0.2, 0) is 0 Å². The van der Waals surface area contributed by atoms with Crippen LogP contribution in [-0.4, -0.2) is 0 Å². The Kier molecular flexibility index (Phi) is 99.7. The monoisotopic (exact) mass is 420 g/mol. The fraction of sp³-hybridized carbons (Fsp3) is 0. The van der Waals surface area contributed by atoms with Crippen molar-refractivity contribution < 1.29 is 85.9 Å². The van der Waals surface area contributed by atoms with Gasteiger partial charge in [-0.3, -0.25) is 0 Å². The van der Waals surface area contributed by atoms with Crippen molar-refractivity contribution >= 4 is 41.0 Å². The van der Waals surface area contributed by atoms with Gasteiger partial charge in [0.15, 0.2) is 0 Å². The molecule has 0 nitrogen and oxygen atoms in total. The molecule has 0 aromatic rings. The van der Waals surface area contributed by atoms with E-state index < -0.39 is 0 Å². The Morgan fingerprint density at radius 2 is 1.00 bits per heavy atom. The normalized spacial score (nSPS) is 0. The molecule has 4 heteroatoms. The summed E-state index contributed by atoms with van der Waals surface area (Å²) in [5.41, 5.74) is 0. The molecular weight excluding hydrogens is 420 g/mol. The smallest absolute Gasteiger partial charge is 1.00 e. The second-order valence-electron chi connectivity index (χ2n) is 0. The zero-order chi connectivity index (χ0) is 0. The van der Waals surface area contributed by atoms with Crippen molar-refractivity contribution in [3.8, 4) is 0 Å². The minimum absolute atomic E-state index is 0. The van der Waals surface area contributed by atoms with Gasteiger partial charge in [-0.05, 0) is 0 Å². The SMILES string of the molecule is Br.I.[Br-].[Cs+]. The summed E-state index contributed by atoms with van der Waals surface area (Å²) in [6.07, 6.45) is 0. The van der Waals surface area contributed by atoms with Gasteiger partial charge in [0.1, 0.15) is 0 Å². The second-order valence-corrected chi connectivity index (χ2v) is 0. The van der Waals surface area contributed by atoms with Gasteiger partial charge in [-0.15, -0.1) is 41.0 Å². The topological polar surface area (TPSA) is 0 Å². The third-order valence-corrected chi connectivity index (χ3v) is 0. The summed E-state index contributed by atoms with van der Waals surface area (Å²) >= 11 is 0. The number of hydrogen-bond acceptors (Lipinski definition) is 0. The number of hydrogen-bond donors (Lipinski definition) is 0. The average Bonchev–Trinajstić information content (AvgIpc) is 0. The first kappa shape index (κ1) is 25.1. The molecule has 0 aliphatic heterocycles. The van der Waals surface area contributed by atoms with Gasteiger partial charge in [0.25, 0.3) is 0 Å². The molecule has 0 aromatic carbocycles. The Morgan fingerprint density at radius 3 is 1.00 bits per heavy atom. The molecule has 0 atom stereocenters. The van der Waals surface area contributed by atoms with Crippen LogP contribution in [0.25, 0.3) is 0 Å². The molecule has 0 heterocycles. The Hall–Kier alpha value is 3.74. The molecule has 0 bridgehead atoms. The predicted octanol–water partition coefficient (Wildman–Crippen LogP) is -4.80. The van der Waals surface area contributed by atoms with Crippen LogP contribution in [0, 0.1) is 0 Å². The van der Waals surface area contributed by atoms with Crippen LogP contribution in [0.5, 0.6) is 0 Å². The van der Waals surface area contributed by atoms with Crippen LogP contribution in [0.3, 0.4) is 0 Å². The Morgan fingerprint density at radius 1 is 1.00 bits per heavy atom. The van der Waals surface area contributed by atoms with E-state index in [1.54, 1.807) is 0 Å². The standard InChI is InChI=1S/2BrH.Cs.HI/h2*1H;;1H/q;;+1;/p-1. The molecule has 0 saturated carbocycles. The fourth-order valence-corrected chi connectivity index (χ4v) is 0. The maximum atomic E-state index is 0. The fourth-order valence-electron chi connectivity index (χ4n) is 0. The molecule has 0 saturated heterocycles. The first-order chi connectivity index (χ1) is 0. The van der Waals surface area contributed by atoms with Crippen LogP contribution < -0.4 is 85.9 Å². The van der Waals surface area contributed by atoms with E-state index in [0.29, 0.717) is 0 Å². The van der Waals surface area contributed by atoms with Crippen LogP contribution in [0.15, 0.2) is 0 Å². The van der Waals surface area contributed by atoms with Gasteiger partial charge in [-0.2, -0.15) is 0 Å². The average molecular weight is 422 g/mol. The van der Waals surface area contributed by atoms with E-state index in [0.717, 1.165) is 0 Å². The summed E-state index contributed by atoms with van der Waals surface area (Å²) < 4.78 is 0. The Balaban J connectivity index is 0. The molecule has 0 rings (SSSR count). The summed E-state index contributed by atoms with van der Waals surface area (Å²) in [4.78, 5) is 0. The molecule has 0 unspecified atom stereocenters. The van der Waals surface area contributed by atoms with E-state index in [4.69, 9.17) is 0 Å². The minimum atomic E-state index is 0. The maximum absolute atomic E-state index is 0. The van der Waals surface area contributed by atoms with Crippen LogP contribution >= 0.6 is 41.0 Å². The first-order valence-electron chi connectivity index (χ1n) is 0. The van der Waals surface area contributed by atoms with Crippen molar-refractivity contribution in [1.29, 1.82) is 0 Å². The molecule has 0 amide bonds. The minimum Gasteiger partial charge on any atom is -1.00 e. The van der Waals surface area contributed by atoms with Gasteiger partial charge in [0.05, 0.1) is 0 Å². The van der Waals surface area contributed by atoms with Gasteiger partial charge in [-0.25, -0.2) is 0 Å². The third-order valence-electron chi connectivity index (χ3n) is 0. The molecular formula is H2Br2CsI. The van der Waals surface area contributed by atoms with E-state index in [1.807, 2.05) is 0 Å². The maximum Gasteiger partial charge on any atom is 1.00 e. The van der Waals surface area contributed by atoms with Gasteiger partial charge in [0, 0.05) is 0 Å². The molecule has 4 heavy (non-hydrogen) atoms. The van der Waals surface area contributed by atoms with E-state index in [9.17, 15) is 0 Å². The summed E-state index contributed by atoms with van der Waals surface area (Å²) in [5, 5.41) is 0. The molecule has 0 aliphatic carbocycles. The van der Waals surface area contributed by atoms with Crippen LogP contribution in [0.1, 0.15) is 0 Å². The van der Waals surface area contributed by atoms with Gasteiger partial charge < -0.3 is 17.0 Å². The van der Waals surface area contributed by atoms with Gasteiger partial charge >= 0.3 is 68.9 Å². The Bertz CT molecular complexity index is 6.00. The molecule has 0 N–H and O–H groups in total. The van der Waals surface area contributed by atoms with Crippen molar-refractivity contribution in [2.75, 3.05) is 0 Å². The van der Waals surface area contributed by atoms with Gasteiger partial charge in [0.2, 0.25) is 0 Å².